The van der Waals surface area contributed by atoms with Gasteiger partial charge in [0, 0.05) is 19.7 Å². The minimum absolute atomic E-state index is 0.0148. The molecule has 0 spiro atoms. The van der Waals surface area contributed by atoms with E-state index in [1.807, 2.05) is 30.3 Å². The Hall–Kier alpha value is -3.53. The fraction of sp³-hybridized carbons (Fsp3) is 0.316. The van der Waals surface area contributed by atoms with Gasteiger partial charge >= 0.3 is 0 Å². The number of amides is 2. The van der Waals surface area contributed by atoms with Crippen LogP contribution in [0.5, 0.6) is 0 Å². The molecule has 2 amide bonds. The molecule has 1 atom stereocenters. The number of nitrogens with one attached hydrogen (secondary N) is 1. The largest absolute Gasteiger partial charge is 0.390 e. The number of carbonyl (C=O) groups excluding carboxylic acids is 2. The maximum Gasteiger partial charge on any atom is 0.291 e. The highest BCUT2D eigenvalue weighted by atomic mass is 16.3. The van der Waals surface area contributed by atoms with Gasteiger partial charge in [-0.3, -0.25) is 14.5 Å². The molecule has 0 bridgehead atoms. The molecule has 1 aliphatic rings. The predicted molar refractivity (Wildman–Crippen MR) is 103 cm³/mol. The Labute approximate surface area is 166 Å². The zero-order valence-electron chi connectivity index (χ0n) is 15.9. The van der Waals surface area contributed by atoms with Crippen LogP contribution in [0, 0.1) is 0 Å². The molecular formula is C19H21N7O3. The lowest BCUT2D eigenvalue weighted by molar-refractivity contribution is -0.120. The molecule has 3 aromatic rings. The standard InChI is InChI=1S/C19H21N7O3/c1-24-16-9-14(11-27)22-26(16)8-7-15(19(24)29)21-18(28)17-20-12-25(23-17)10-13-5-3-2-4-6-13/h2-6,9,12,15,27H,7-8,10-11H2,1H3,(H,21,28)/t15-/m1/s1. The van der Waals surface area contributed by atoms with Crippen molar-refractivity contribution in [1.29, 1.82) is 0 Å². The van der Waals surface area contributed by atoms with E-state index in [4.69, 9.17) is 0 Å². The van der Waals surface area contributed by atoms with Crippen LogP contribution in [-0.4, -0.2) is 54.6 Å². The van der Waals surface area contributed by atoms with E-state index in [1.54, 1.807) is 22.5 Å². The van der Waals surface area contributed by atoms with E-state index in [0.29, 0.717) is 31.0 Å². The first kappa shape index (κ1) is 18.8. The smallest absolute Gasteiger partial charge is 0.291 e. The number of hydrogen-bond acceptors (Lipinski definition) is 6. The van der Waals surface area contributed by atoms with Crippen molar-refractivity contribution >= 4 is 17.6 Å². The zero-order chi connectivity index (χ0) is 20.4. The van der Waals surface area contributed by atoms with Crippen LogP contribution in [0.2, 0.25) is 0 Å². The summed E-state index contributed by atoms with van der Waals surface area (Å²) < 4.78 is 3.24. The number of rotatable bonds is 5. The van der Waals surface area contributed by atoms with Crippen molar-refractivity contribution in [2.45, 2.75) is 32.2 Å². The first-order chi connectivity index (χ1) is 14.0. The Morgan fingerprint density at radius 1 is 1.28 bits per heavy atom. The minimum Gasteiger partial charge on any atom is -0.390 e. The Kier molecular flexibility index (Phi) is 5.09. The molecule has 3 heterocycles. The number of carbonyl (C=O) groups is 2. The molecule has 2 aromatic heterocycles. The molecule has 2 N–H and O–H groups in total. The first-order valence-electron chi connectivity index (χ1n) is 9.24. The zero-order valence-corrected chi connectivity index (χ0v) is 15.9. The lowest BCUT2D eigenvalue weighted by atomic mass is 10.2. The third-order valence-corrected chi connectivity index (χ3v) is 4.81. The maximum atomic E-state index is 12.8. The van der Waals surface area contributed by atoms with Gasteiger partial charge in [0.15, 0.2) is 0 Å². The van der Waals surface area contributed by atoms with Crippen molar-refractivity contribution in [3.8, 4) is 0 Å². The van der Waals surface area contributed by atoms with Crippen LogP contribution < -0.4 is 10.2 Å². The second-order valence-corrected chi connectivity index (χ2v) is 6.84. The van der Waals surface area contributed by atoms with Crippen LogP contribution in [0.1, 0.15) is 28.3 Å². The molecule has 10 nitrogen and oxygen atoms in total. The fourth-order valence-corrected chi connectivity index (χ4v) is 3.29. The summed E-state index contributed by atoms with van der Waals surface area (Å²) in [6.45, 7) is 0.742. The highest BCUT2D eigenvalue weighted by Gasteiger charge is 2.31. The van der Waals surface area contributed by atoms with Gasteiger partial charge in [0.1, 0.15) is 18.2 Å². The van der Waals surface area contributed by atoms with Gasteiger partial charge in [-0.15, -0.1) is 5.10 Å². The van der Waals surface area contributed by atoms with Crippen molar-refractivity contribution in [3.05, 3.63) is 59.8 Å². The fourth-order valence-electron chi connectivity index (χ4n) is 3.29. The molecule has 0 radical (unpaired) electrons. The van der Waals surface area contributed by atoms with E-state index in [9.17, 15) is 14.7 Å². The lowest BCUT2D eigenvalue weighted by Gasteiger charge is -2.19. The molecule has 10 heteroatoms. The van der Waals surface area contributed by atoms with Crippen molar-refractivity contribution in [2.24, 2.45) is 0 Å². The molecule has 1 aliphatic heterocycles. The molecule has 0 saturated heterocycles. The van der Waals surface area contributed by atoms with Gasteiger partial charge in [-0.25, -0.2) is 14.3 Å². The molecule has 29 heavy (non-hydrogen) atoms. The van der Waals surface area contributed by atoms with Crippen LogP contribution in [0.25, 0.3) is 0 Å². The summed E-state index contributed by atoms with van der Waals surface area (Å²) >= 11 is 0. The SMILES string of the molecule is CN1C(=O)[C@H](NC(=O)c2ncn(Cc3ccccc3)n2)CCn2nc(CO)cc21. The highest BCUT2D eigenvalue weighted by molar-refractivity contribution is 6.00. The van der Waals surface area contributed by atoms with Crippen LogP contribution in [0.3, 0.4) is 0 Å². The monoisotopic (exact) mass is 395 g/mol. The van der Waals surface area contributed by atoms with Crippen molar-refractivity contribution in [2.75, 3.05) is 11.9 Å². The number of likely N-dealkylation sites (N-methyl/N-ethyl adjacent to an activating group) is 1. The molecule has 1 aromatic carbocycles. The van der Waals surface area contributed by atoms with E-state index in [2.05, 4.69) is 20.5 Å². The number of hydrogen-bond donors (Lipinski definition) is 2. The van der Waals surface area contributed by atoms with E-state index in [0.717, 1.165) is 5.56 Å². The van der Waals surface area contributed by atoms with Crippen molar-refractivity contribution < 1.29 is 14.7 Å². The number of aromatic nitrogens is 5. The third kappa shape index (κ3) is 3.87. The second kappa shape index (κ2) is 7.84. The summed E-state index contributed by atoms with van der Waals surface area (Å²) in [4.78, 5) is 30.9. The topological polar surface area (TPSA) is 118 Å². The van der Waals surface area contributed by atoms with E-state index in [1.165, 1.54) is 11.2 Å². The normalized spacial score (nSPS) is 16.4. The number of aliphatic hydroxyl groups is 1. The quantitative estimate of drug-likeness (QED) is 0.636. The molecule has 0 saturated carbocycles. The van der Waals surface area contributed by atoms with Gasteiger partial charge in [-0.05, 0) is 12.0 Å². The van der Waals surface area contributed by atoms with Gasteiger partial charge in [0.05, 0.1) is 18.8 Å². The van der Waals surface area contributed by atoms with Crippen LogP contribution in [-0.2, 0) is 24.5 Å². The second-order valence-electron chi connectivity index (χ2n) is 6.84. The molecule has 150 valence electrons. The summed E-state index contributed by atoms with van der Waals surface area (Å²) in [6.07, 6.45) is 1.87. The van der Waals surface area contributed by atoms with E-state index in [-0.39, 0.29) is 18.3 Å². The molecule has 4 rings (SSSR count). The summed E-state index contributed by atoms with van der Waals surface area (Å²) in [6, 6.07) is 10.7. The predicted octanol–water partition coefficient (Wildman–Crippen LogP) is 0.180. The first-order valence-corrected chi connectivity index (χ1v) is 9.24. The van der Waals surface area contributed by atoms with Crippen LogP contribution in [0.4, 0.5) is 5.82 Å². The van der Waals surface area contributed by atoms with Gasteiger partial charge in [0.2, 0.25) is 5.82 Å². The van der Waals surface area contributed by atoms with Crippen molar-refractivity contribution in [3.63, 3.8) is 0 Å². The van der Waals surface area contributed by atoms with Gasteiger partial charge in [0.25, 0.3) is 11.8 Å². The molecular weight excluding hydrogens is 374 g/mol. The van der Waals surface area contributed by atoms with E-state index >= 15 is 0 Å². The lowest BCUT2D eigenvalue weighted by Crippen LogP contribution is -2.47. The molecule has 0 fully saturated rings. The minimum atomic E-state index is -0.715. The Balaban J connectivity index is 1.43. The number of aryl methyl sites for hydroxylation is 1. The number of aliphatic hydroxyl groups excluding tert-OH is 1. The van der Waals surface area contributed by atoms with Crippen LogP contribution in [0.15, 0.2) is 42.7 Å². The summed E-state index contributed by atoms with van der Waals surface area (Å²) in [5.41, 5.74) is 1.54. The van der Waals surface area contributed by atoms with Gasteiger partial charge in [-0.2, -0.15) is 5.10 Å². The Morgan fingerprint density at radius 3 is 2.83 bits per heavy atom. The average molecular weight is 395 g/mol. The highest BCUT2D eigenvalue weighted by Crippen LogP contribution is 2.21. The number of fused-ring (bicyclic) bond motifs is 1. The van der Waals surface area contributed by atoms with E-state index < -0.39 is 11.9 Å². The molecule has 0 unspecified atom stereocenters. The maximum absolute atomic E-state index is 12.8. The number of benzene rings is 1. The molecule has 0 aliphatic carbocycles. The number of anilines is 1. The Morgan fingerprint density at radius 2 is 2.07 bits per heavy atom. The Bertz CT molecular complexity index is 1030. The summed E-state index contributed by atoms with van der Waals surface area (Å²) in [5.74, 6) is -0.161. The van der Waals surface area contributed by atoms with Gasteiger partial charge < -0.3 is 10.4 Å². The van der Waals surface area contributed by atoms with Gasteiger partial charge in [-0.1, -0.05) is 30.3 Å². The van der Waals surface area contributed by atoms with Crippen LogP contribution >= 0.6 is 0 Å². The average Bonchev–Trinajstić information content (AvgIpc) is 3.35. The number of nitrogens with zero attached hydrogens (tertiary/aromatic N) is 6. The summed E-state index contributed by atoms with van der Waals surface area (Å²) in [5, 5.41) is 20.5. The summed E-state index contributed by atoms with van der Waals surface area (Å²) in [7, 11) is 1.62. The van der Waals surface area contributed by atoms with Crippen molar-refractivity contribution in [1.82, 2.24) is 29.9 Å². The third-order valence-electron chi connectivity index (χ3n) is 4.81.